The molecule has 0 aromatic carbocycles. The Hall–Kier alpha value is -1.17. The lowest BCUT2D eigenvalue weighted by atomic mass is 9.89. The van der Waals surface area contributed by atoms with Crippen molar-refractivity contribution in [2.45, 2.75) is 52.1 Å². The Kier molecular flexibility index (Phi) is 5.07. The number of hydrogen-bond acceptors (Lipinski definition) is 4. The molecule has 5 nitrogen and oxygen atoms in total. The van der Waals surface area contributed by atoms with Gasteiger partial charge in [0.25, 0.3) is 0 Å². The first-order valence-corrected chi connectivity index (χ1v) is 6.63. The molecule has 0 aromatic rings. The summed E-state index contributed by atoms with van der Waals surface area (Å²) >= 11 is 4.68. The predicted molar refractivity (Wildman–Crippen MR) is 75.2 cm³/mol. The summed E-state index contributed by atoms with van der Waals surface area (Å²) in [5, 5.41) is 4.15. The molecule has 18 heavy (non-hydrogen) atoms. The molecule has 6 heteroatoms. The van der Waals surface area contributed by atoms with Crippen LogP contribution in [0.3, 0.4) is 0 Å². The monoisotopic (exact) mass is 271 g/mol. The molecule has 1 fully saturated rings. The highest BCUT2D eigenvalue weighted by molar-refractivity contribution is 7.80. The summed E-state index contributed by atoms with van der Waals surface area (Å²) in [5.41, 5.74) is 7.87. The Balaban J connectivity index is 2.68. The fourth-order valence-corrected chi connectivity index (χ4v) is 2.10. The van der Waals surface area contributed by atoms with Gasteiger partial charge in [-0.25, -0.2) is 0 Å². The van der Waals surface area contributed by atoms with E-state index >= 15 is 0 Å². The fraction of sp³-hybridized carbons (Fsp3) is 0.750. The molecule has 0 saturated carbocycles. The van der Waals surface area contributed by atoms with Gasteiger partial charge in [0.2, 0.25) is 0 Å². The molecule has 0 bridgehead atoms. The van der Waals surface area contributed by atoms with Gasteiger partial charge in [0.15, 0.2) is 5.11 Å². The van der Waals surface area contributed by atoms with Gasteiger partial charge in [0, 0.05) is 6.42 Å². The highest BCUT2D eigenvalue weighted by atomic mass is 32.1. The predicted octanol–water partition coefficient (Wildman–Crippen LogP) is 1.71. The molecule has 1 aliphatic rings. The molecule has 0 amide bonds. The third-order valence-electron chi connectivity index (χ3n) is 3.30. The Bertz CT molecular complexity index is 370. The van der Waals surface area contributed by atoms with E-state index in [1.165, 1.54) is 0 Å². The topological polar surface area (TPSA) is 76.7 Å². The lowest BCUT2D eigenvalue weighted by molar-refractivity contribution is -0.146. The van der Waals surface area contributed by atoms with Crippen LogP contribution in [0.25, 0.3) is 0 Å². The summed E-state index contributed by atoms with van der Waals surface area (Å²) in [5.74, 6) is -0.152. The van der Waals surface area contributed by atoms with Crippen molar-refractivity contribution in [1.29, 1.82) is 0 Å². The van der Waals surface area contributed by atoms with E-state index in [1.54, 1.807) is 6.92 Å². The first kappa shape index (κ1) is 14.9. The van der Waals surface area contributed by atoms with Crippen molar-refractivity contribution in [3.63, 3.8) is 0 Å². The van der Waals surface area contributed by atoms with E-state index in [1.807, 2.05) is 6.92 Å². The van der Waals surface area contributed by atoms with Crippen LogP contribution in [0.4, 0.5) is 0 Å². The number of thiocarbonyl (C=S) groups is 1. The molecule has 1 saturated heterocycles. The summed E-state index contributed by atoms with van der Waals surface area (Å²) in [4.78, 5) is 11.8. The van der Waals surface area contributed by atoms with Crippen molar-refractivity contribution in [1.82, 2.24) is 5.43 Å². The molecule has 1 rings (SSSR count). The molecule has 102 valence electrons. The molecule has 1 heterocycles. The standard InChI is InChI=1S/C12H21N3O2S/c1-4-5-6-9-7-12(3,17-10(9)16)8(2)14-15-11(13)18/h9H,4-7H2,1-3H3,(H3,13,15,18)/b14-8-/t9-,12-/m0/s1. The van der Waals surface area contributed by atoms with Crippen molar-refractivity contribution in [3.05, 3.63) is 0 Å². The highest BCUT2D eigenvalue weighted by Crippen LogP contribution is 2.34. The Morgan fingerprint density at radius 3 is 2.94 bits per heavy atom. The van der Waals surface area contributed by atoms with Gasteiger partial charge < -0.3 is 10.5 Å². The van der Waals surface area contributed by atoms with E-state index < -0.39 is 5.60 Å². The molecule has 3 N–H and O–H groups in total. The van der Waals surface area contributed by atoms with Crippen molar-refractivity contribution >= 4 is 29.0 Å². The minimum absolute atomic E-state index is 0.0232. The van der Waals surface area contributed by atoms with Crippen LogP contribution in [0.5, 0.6) is 0 Å². The molecule has 0 spiro atoms. The van der Waals surface area contributed by atoms with Gasteiger partial charge in [-0.3, -0.25) is 10.2 Å². The molecule has 0 aliphatic carbocycles. The number of cyclic esters (lactones) is 1. The summed E-state index contributed by atoms with van der Waals surface area (Å²) in [6.07, 6.45) is 3.66. The third-order valence-corrected chi connectivity index (χ3v) is 3.39. The van der Waals surface area contributed by atoms with Gasteiger partial charge >= 0.3 is 5.97 Å². The minimum atomic E-state index is -0.646. The van der Waals surface area contributed by atoms with E-state index in [-0.39, 0.29) is 17.0 Å². The maximum absolute atomic E-state index is 11.8. The molecular weight excluding hydrogens is 250 g/mol. The van der Waals surface area contributed by atoms with Gasteiger partial charge in [-0.1, -0.05) is 19.8 Å². The average Bonchev–Trinajstić information content (AvgIpc) is 2.59. The number of nitrogens with zero attached hydrogens (tertiary/aromatic N) is 1. The number of nitrogens with two attached hydrogens (primary N) is 1. The number of nitrogens with one attached hydrogen (secondary N) is 1. The lowest BCUT2D eigenvalue weighted by Crippen LogP contribution is -2.36. The van der Waals surface area contributed by atoms with E-state index in [0.717, 1.165) is 19.3 Å². The molecule has 1 aliphatic heterocycles. The van der Waals surface area contributed by atoms with Crippen LogP contribution < -0.4 is 11.2 Å². The highest BCUT2D eigenvalue weighted by Gasteiger charge is 2.45. The van der Waals surface area contributed by atoms with E-state index in [2.05, 4.69) is 29.7 Å². The van der Waals surface area contributed by atoms with Crippen LogP contribution in [-0.2, 0) is 9.53 Å². The largest absolute Gasteiger partial charge is 0.453 e. The number of carbonyl (C=O) groups excluding carboxylic acids is 1. The quantitative estimate of drug-likeness (QED) is 0.344. The lowest BCUT2D eigenvalue weighted by Gasteiger charge is -2.22. The first-order chi connectivity index (χ1) is 8.39. The average molecular weight is 271 g/mol. The SMILES string of the molecule is CCCC[C@H]1C[C@@](C)(/C(C)=N\NC(N)=S)OC1=O. The van der Waals surface area contributed by atoms with E-state index in [4.69, 9.17) is 10.5 Å². The Morgan fingerprint density at radius 2 is 2.39 bits per heavy atom. The third kappa shape index (κ3) is 3.66. The normalized spacial score (nSPS) is 28.1. The molecule has 0 unspecified atom stereocenters. The van der Waals surface area contributed by atoms with Crippen LogP contribution >= 0.6 is 12.2 Å². The van der Waals surface area contributed by atoms with Crippen LogP contribution in [-0.4, -0.2) is 22.4 Å². The maximum Gasteiger partial charge on any atom is 0.310 e. The zero-order valence-electron chi connectivity index (χ0n) is 11.2. The summed E-state index contributed by atoms with van der Waals surface area (Å²) in [6, 6.07) is 0. The zero-order chi connectivity index (χ0) is 13.8. The van der Waals surface area contributed by atoms with Crippen molar-refractivity contribution in [2.75, 3.05) is 0 Å². The van der Waals surface area contributed by atoms with Gasteiger partial charge in [0.1, 0.15) is 5.60 Å². The van der Waals surface area contributed by atoms with Gasteiger partial charge in [-0.2, -0.15) is 5.10 Å². The summed E-state index contributed by atoms with van der Waals surface area (Å²) in [6.45, 7) is 5.79. The molecule has 0 radical (unpaired) electrons. The number of hydrazone groups is 1. The number of esters is 1. The van der Waals surface area contributed by atoms with Gasteiger partial charge in [0.05, 0.1) is 11.6 Å². The van der Waals surface area contributed by atoms with Crippen LogP contribution in [0.15, 0.2) is 5.10 Å². The van der Waals surface area contributed by atoms with Crippen LogP contribution in [0.1, 0.15) is 46.5 Å². The maximum atomic E-state index is 11.8. The van der Waals surface area contributed by atoms with Crippen molar-refractivity contribution in [3.8, 4) is 0 Å². The first-order valence-electron chi connectivity index (χ1n) is 6.22. The number of rotatable bonds is 5. The smallest absolute Gasteiger partial charge is 0.310 e. The van der Waals surface area contributed by atoms with E-state index in [0.29, 0.717) is 12.1 Å². The summed E-state index contributed by atoms with van der Waals surface area (Å²) < 4.78 is 5.46. The zero-order valence-corrected chi connectivity index (χ0v) is 12.0. The second kappa shape index (κ2) is 6.13. The minimum Gasteiger partial charge on any atom is -0.453 e. The Morgan fingerprint density at radius 1 is 1.72 bits per heavy atom. The van der Waals surface area contributed by atoms with Gasteiger partial charge in [-0.15, -0.1) is 0 Å². The molecule has 0 aromatic heterocycles. The number of carbonyl (C=O) groups is 1. The second-order valence-electron chi connectivity index (χ2n) is 4.87. The van der Waals surface area contributed by atoms with Crippen molar-refractivity contribution < 1.29 is 9.53 Å². The molecular formula is C12H21N3O2S. The Labute approximate surface area is 113 Å². The number of unbranched alkanes of at least 4 members (excludes halogenated alkanes) is 1. The van der Waals surface area contributed by atoms with Crippen molar-refractivity contribution in [2.24, 2.45) is 16.8 Å². The molecule has 2 atom stereocenters. The van der Waals surface area contributed by atoms with Gasteiger partial charge in [-0.05, 0) is 32.5 Å². The number of ether oxygens (including phenoxy) is 1. The number of hydrogen-bond donors (Lipinski definition) is 2. The second-order valence-corrected chi connectivity index (χ2v) is 5.31. The van der Waals surface area contributed by atoms with E-state index in [9.17, 15) is 4.79 Å². The fourth-order valence-electron chi connectivity index (χ4n) is 2.05. The van der Waals surface area contributed by atoms with Crippen LogP contribution in [0.2, 0.25) is 0 Å². The summed E-state index contributed by atoms with van der Waals surface area (Å²) in [7, 11) is 0. The van der Waals surface area contributed by atoms with Crippen LogP contribution in [0, 0.1) is 5.92 Å².